The van der Waals surface area contributed by atoms with Crippen LogP contribution in [0.5, 0.6) is 0 Å². The summed E-state index contributed by atoms with van der Waals surface area (Å²) in [7, 11) is 0. The summed E-state index contributed by atoms with van der Waals surface area (Å²) >= 11 is 0. The van der Waals surface area contributed by atoms with Gasteiger partial charge < -0.3 is 8.83 Å². The van der Waals surface area contributed by atoms with E-state index in [1.807, 2.05) is 66.7 Å². The first-order valence-electron chi connectivity index (χ1n) is 17.4. The molecule has 242 valence electrons. The van der Waals surface area contributed by atoms with Crippen LogP contribution in [0.2, 0.25) is 0 Å². The third-order valence-electron chi connectivity index (χ3n) is 10.1. The molecule has 0 spiro atoms. The minimum Gasteiger partial charge on any atom is -0.456 e. The number of pyridine rings is 1. The van der Waals surface area contributed by atoms with Gasteiger partial charge in [0.1, 0.15) is 22.3 Å². The van der Waals surface area contributed by atoms with Gasteiger partial charge in [0, 0.05) is 60.0 Å². The van der Waals surface area contributed by atoms with Crippen LogP contribution >= 0.6 is 0 Å². The van der Waals surface area contributed by atoms with E-state index in [-0.39, 0.29) is 0 Å². The highest BCUT2D eigenvalue weighted by Crippen LogP contribution is 2.43. The van der Waals surface area contributed by atoms with E-state index in [0.717, 1.165) is 105 Å². The molecule has 11 aromatic rings. The first-order valence-corrected chi connectivity index (χ1v) is 17.4. The molecule has 4 heterocycles. The predicted molar refractivity (Wildman–Crippen MR) is 211 cm³/mol. The summed E-state index contributed by atoms with van der Waals surface area (Å²) in [6.07, 6.45) is 0. The SMILES string of the molecule is c1ccc(-c2nc(-c3ccc4nc(-c5ccccc5)c5ccc6oc7ccccc7c6c5c4c3)cc(-c3cccc4c3oc3ccccc34)n2)cc1. The molecule has 0 aliphatic heterocycles. The van der Waals surface area contributed by atoms with Gasteiger partial charge in [0.25, 0.3) is 0 Å². The molecule has 0 aliphatic rings. The van der Waals surface area contributed by atoms with Gasteiger partial charge in [-0.2, -0.15) is 0 Å². The Morgan fingerprint density at radius 3 is 1.88 bits per heavy atom. The number of hydrogen-bond acceptors (Lipinski definition) is 5. The van der Waals surface area contributed by atoms with Crippen molar-refractivity contribution in [2.24, 2.45) is 0 Å². The third-order valence-corrected chi connectivity index (χ3v) is 10.1. The maximum absolute atomic E-state index is 6.47. The van der Waals surface area contributed by atoms with Crippen LogP contribution in [0.4, 0.5) is 0 Å². The fourth-order valence-corrected chi connectivity index (χ4v) is 7.68. The zero-order valence-electron chi connectivity index (χ0n) is 27.7. The van der Waals surface area contributed by atoms with E-state index in [0.29, 0.717) is 5.82 Å². The Balaban J connectivity index is 1.20. The van der Waals surface area contributed by atoms with Crippen LogP contribution in [-0.2, 0) is 0 Å². The number of fused-ring (bicyclic) bond motifs is 10. The van der Waals surface area contributed by atoms with Crippen molar-refractivity contribution in [1.29, 1.82) is 0 Å². The second kappa shape index (κ2) is 11.2. The second-order valence-corrected chi connectivity index (χ2v) is 13.1. The van der Waals surface area contributed by atoms with Gasteiger partial charge in [-0.25, -0.2) is 15.0 Å². The van der Waals surface area contributed by atoms with Crippen LogP contribution in [0.25, 0.3) is 111 Å². The van der Waals surface area contributed by atoms with Crippen molar-refractivity contribution in [3.05, 3.63) is 164 Å². The Hall–Kier alpha value is -7.11. The summed E-state index contributed by atoms with van der Waals surface area (Å²) in [5, 5.41) is 7.51. The van der Waals surface area contributed by atoms with E-state index in [4.69, 9.17) is 23.8 Å². The van der Waals surface area contributed by atoms with Crippen molar-refractivity contribution in [3.8, 4) is 45.2 Å². The lowest BCUT2D eigenvalue weighted by Crippen LogP contribution is -1.96. The molecule has 0 N–H and O–H groups in total. The van der Waals surface area contributed by atoms with Crippen molar-refractivity contribution in [2.45, 2.75) is 0 Å². The summed E-state index contributed by atoms with van der Waals surface area (Å²) < 4.78 is 12.9. The van der Waals surface area contributed by atoms with E-state index >= 15 is 0 Å². The molecule has 0 unspecified atom stereocenters. The van der Waals surface area contributed by atoms with Gasteiger partial charge in [0.2, 0.25) is 0 Å². The molecule has 0 saturated heterocycles. The number of rotatable bonds is 4. The predicted octanol–water partition coefficient (Wildman–Crippen LogP) is 12.6. The Bertz CT molecular complexity index is 3180. The van der Waals surface area contributed by atoms with E-state index in [1.165, 1.54) is 0 Å². The molecular formula is C47H27N3O2. The van der Waals surface area contributed by atoms with Gasteiger partial charge in [-0.05, 0) is 48.5 Å². The van der Waals surface area contributed by atoms with Crippen LogP contribution in [0, 0.1) is 0 Å². The highest BCUT2D eigenvalue weighted by molar-refractivity contribution is 6.28. The van der Waals surface area contributed by atoms with Crippen LogP contribution in [-0.4, -0.2) is 15.0 Å². The van der Waals surface area contributed by atoms with Crippen molar-refractivity contribution in [3.63, 3.8) is 0 Å². The molecule has 5 heteroatoms. The van der Waals surface area contributed by atoms with Crippen molar-refractivity contribution in [1.82, 2.24) is 15.0 Å². The summed E-state index contributed by atoms with van der Waals surface area (Å²) in [5.74, 6) is 0.645. The highest BCUT2D eigenvalue weighted by Gasteiger charge is 2.20. The van der Waals surface area contributed by atoms with Crippen molar-refractivity contribution in [2.75, 3.05) is 0 Å². The largest absolute Gasteiger partial charge is 0.456 e. The molecule has 0 saturated carbocycles. The fourth-order valence-electron chi connectivity index (χ4n) is 7.68. The first kappa shape index (κ1) is 28.7. The molecule has 5 nitrogen and oxygen atoms in total. The zero-order valence-corrected chi connectivity index (χ0v) is 27.7. The first-order chi connectivity index (χ1) is 25.8. The molecule has 0 fully saturated rings. The maximum Gasteiger partial charge on any atom is 0.160 e. The van der Waals surface area contributed by atoms with Crippen molar-refractivity contribution >= 4 is 65.6 Å². The lowest BCUT2D eigenvalue weighted by molar-refractivity contribution is 0.669. The number of aromatic nitrogens is 3. The Labute approximate surface area is 297 Å². The van der Waals surface area contributed by atoms with Gasteiger partial charge >= 0.3 is 0 Å². The molecule has 11 rings (SSSR count). The minimum absolute atomic E-state index is 0.645. The summed E-state index contributed by atoms with van der Waals surface area (Å²) in [4.78, 5) is 15.6. The van der Waals surface area contributed by atoms with Crippen LogP contribution in [0.3, 0.4) is 0 Å². The van der Waals surface area contributed by atoms with Crippen LogP contribution in [0.15, 0.2) is 173 Å². The number of nitrogens with zero attached hydrogens (tertiary/aromatic N) is 3. The second-order valence-electron chi connectivity index (χ2n) is 13.1. The van der Waals surface area contributed by atoms with E-state index in [2.05, 4.69) is 97.1 Å². The number of para-hydroxylation sites is 3. The average molecular weight is 666 g/mol. The summed E-state index contributed by atoms with van der Waals surface area (Å²) in [6.45, 7) is 0. The molecule has 0 atom stereocenters. The quantitative estimate of drug-likeness (QED) is 0.175. The number of furan rings is 2. The van der Waals surface area contributed by atoms with Crippen LogP contribution in [0.1, 0.15) is 0 Å². The molecule has 0 radical (unpaired) electrons. The lowest BCUT2D eigenvalue weighted by Gasteiger charge is -2.13. The van der Waals surface area contributed by atoms with E-state index in [1.54, 1.807) is 0 Å². The van der Waals surface area contributed by atoms with Gasteiger partial charge in [0.15, 0.2) is 5.82 Å². The Morgan fingerprint density at radius 2 is 1.06 bits per heavy atom. The molecule has 4 aromatic heterocycles. The topological polar surface area (TPSA) is 65.0 Å². The van der Waals surface area contributed by atoms with Crippen molar-refractivity contribution < 1.29 is 8.83 Å². The number of benzene rings is 7. The van der Waals surface area contributed by atoms with Gasteiger partial charge in [-0.3, -0.25) is 0 Å². The molecular weight excluding hydrogens is 639 g/mol. The minimum atomic E-state index is 0.645. The van der Waals surface area contributed by atoms with E-state index < -0.39 is 0 Å². The lowest BCUT2D eigenvalue weighted by atomic mass is 9.95. The van der Waals surface area contributed by atoms with Crippen LogP contribution < -0.4 is 0 Å². The maximum atomic E-state index is 6.47. The average Bonchev–Trinajstić information content (AvgIpc) is 3.79. The normalized spacial score (nSPS) is 11.8. The fraction of sp³-hybridized carbons (Fsp3) is 0. The summed E-state index contributed by atoms with van der Waals surface area (Å²) in [6, 6.07) is 56.0. The third kappa shape index (κ3) is 4.39. The molecule has 0 aliphatic carbocycles. The highest BCUT2D eigenvalue weighted by atomic mass is 16.3. The molecule has 7 aromatic carbocycles. The standard InChI is InChI=1S/C47H27N3O2/c1-3-12-28(13-4-1)45-35-23-25-42-44(34-17-8-10-21-41(34)51-42)43(35)36-26-30(22-24-37(36)48-45)38-27-39(50-47(49-38)29-14-5-2-6-15-29)33-19-11-18-32-31-16-7-9-20-40(31)52-46(32)33/h1-27H. The summed E-state index contributed by atoms with van der Waals surface area (Å²) in [5.41, 5.74) is 10.7. The van der Waals surface area contributed by atoms with Gasteiger partial charge in [-0.15, -0.1) is 0 Å². The zero-order chi connectivity index (χ0) is 34.2. The van der Waals surface area contributed by atoms with E-state index in [9.17, 15) is 0 Å². The molecule has 0 amide bonds. The smallest absolute Gasteiger partial charge is 0.160 e. The molecule has 0 bridgehead atoms. The Morgan fingerprint density at radius 1 is 0.365 bits per heavy atom. The molecule has 52 heavy (non-hydrogen) atoms. The Kier molecular flexibility index (Phi) is 6.18. The van der Waals surface area contributed by atoms with Gasteiger partial charge in [0.05, 0.1) is 22.6 Å². The van der Waals surface area contributed by atoms with Gasteiger partial charge in [-0.1, -0.05) is 115 Å². The monoisotopic (exact) mass is 665 g/mol. The number of hydrogen-bond donors (Lipinski definition) is 0.